The second kappa shape index (κ2) is 5.66. The molecule has 1 heterocycles. The van der Waals surface area contributed by atoms with Gasteiger partial charge in [-0.05, 0) is 12.8 Å². The zero-order valence-electron chi connectivity index (χ0n) is 11.5. The normalized spacial score (nSPS) is 27.9. The molecule has 1 rings (SSSR count). The number of alkyl halides is 3. The number of carbonyl (C=O) groups is 1. The van der Waals surface area contributed by atoms with E-state index >= 15 is 0 Å². The molecule has 0 aromatic rings. The molecular formula is C12H21F3N2O2. The average Bonchev–Trinajstić information content (AvgIpc) is 2.56. The largest absolute Gasteiger partial charge is 0.406 e. The molecule has 1 amide bonds. The van der Waals surface area contributed by atoms with Crippen molar-refractivity contribution in [1.82, 2.24) is 4.90 Å². The monoisotopic (exact) mass is 282 g/mol. The Hall–Kier alpha value is -0.820. The van der Waals surface area contributed by atoms with Crippen molar-refractivity contribution in [3.63, 3.8) is 0 Å². The summed E-state index contributed by atoms with van der Waals surface area (Å²) in [5, 5.41) is 0. The number of hydrogen-bond donors (Lipinski definition) is 1. The Morgan fingerprint density at radius 3 is 2.47 bits per heavy atom. The first-order valence-electron chi connectivity index (χ1n) is 6.25. The van der Waals surface area contributed by atoms with E-state index in [1.165, 1.54) is 0 Å². The lowest BCUT2D eigenvalue weighted by Gasteiger charge is -2.34. The maximum absolute atomic E-state index is 12.6. The summed E-state index contributed by atoms with van der Waals surface area (Å²) >= 11 is 0. The van der Waals surface area contributed by atoms with Crippen molar-refractivity contribution < 1.29 is 22.7 Å². The van der Waals surface area contributed by atoms with Gasteiger partial charge in [0, 0.05) is 12.6 Å². The summed E-state index contributed by atoms with van der Waals surface area (Å²) in [6.45, 7) is 4.18. The average molecular weight is 282 g/mol. The van der Waals surface area contributed by atoms with Gasteiger partial charge in [-0.15, -0.1) is 0 Å². The van der Waals surface area contributed by atoms with Crippen molar-refractivity contribution >= 4 is 5.91 Å². The van der Waals surface area contributed by atoms with Crippen LogP contribution in [0, 0.1) is 11.3 Å². The van der Waals surface area contributed by atoms with E-state index in [1.807, 2.05) is 0 Å². The van der Waals surface area contributed by atoms with Crippen molar-refractivity contribution in [2.75, 3.05) is 26.3 Å². The van der Waals surface area contributed by atoms with Gasteiger partial charge in [0.1, 0.15) is 6.54 Å². The molecule has 2 N–H and O–H groups in total. The van der Waals surface area contributed by atoms with Crippen LogP contribution in [0.3, 0.4) is 0 Å². The minimum absolute atomic E-state index is 0.0477. The Morgan fingerprint density at radius 2 is 2.11 bits per heavy atom. The van der Waals surface area contributed by atoms with Crippen LogP contribution < -0.4 is 5.73 Å². The highest BCUT2D eigenvalue weighted by molar-refractivity contribution is 5.83. The first-order chi connectivity index (χ1) is 8.56. The van der Waals surface area contributed by atoms with Gasteiger partial charge in [0.15, 0.2) is 0 Å². The number of amides is 1. The predicted molar refractivity (Wildman–Crippen MR) is 64.4 cm³/mol. The Labute approximate surface area is 111 Å². The molecule has 4 nitrogen and oxygen atoms in total. The van der Waals surface area contributed by atoms with E-state index in [9.17, 15) is 18.0 Å². The van der Waals surface area contributed by atoms with Crippen LogP contribution in [-0.4, -0.2) is 49.3 Å². The number of ether oxygens (including phenoxy) is 1. The van der Waals surface area contributed by atoms with E-state index in [0.29, 0.717) is 0 Å². The molecule has 1 aliphatic rings. The smallest absolute Gasteiger partial charge is 0.379 e. The molecule has 0 spiro atoms. The van der Waals surface area contributed by atoms with Crippen molar-refractivity contribution in [3.05, 3.63) is 0 Å². The second-order valence-electron chi connectivity index (χ2n) is 5.73. The van der Waals surface area contributed by atoms with Gasteiger partial charge in [0.05, 0.1) is 18.6 Å². The van der Waals surface area contributed by atoms with Crippen molar-refractivity contribution in [2.45, 2.75) is 33.0 Å². The number of carbonyl (C=O) groups excluding carboxylic acids is 1. The maximum Gasteiger partial charge on any atom is 0.406 e. The van der Waals surface area contributed by atoms with Crippen LogP contribution in [0.15, 0.2) is 0 Å². The second-order valence-corrected chi connectivity index (χ2v) is 5.73. The highest BCUT2D eigenvalue weighted by Crippen LogP contribution is 2.31. The molecule has 1 aliphatic heterocycles. The number of rotatable bonds is 4. The summed E-state index contributed by atoms with van der Waals surface area (Å²) in [6.07, 6.45) is -4.41. The number of nitrogens with two attached hydrogens (primary N) is 1. The van der Waals surface area contributed by atoms with Crippen LogP contribution in [0.25, 0.3) is 0 Å². The molecule has 112 valence electrons. The lowest BCUT2D eigenvalue weighted by atomic mass is 9.84. The fraction of sp³-hybridized carbons (Fsp3) is 0.917. The van der Waals surface area contributed by atoms with Crippen LogP contribution in [-0.2, 0) is 9.53 Å². The van der Waals surface area contributed by atoms with Crippen molar-refractivity contribution in [1.29, 1.82) is 0 Å². The van der Waals surface area contributed by atoms with E-state index in [-0.39, 0.29) is 25.7 Å². The molecule has 0 bridgehead atoms. The standard InChI is InChI=1S/C12H21F3N2O2/c1-8(2)4-17(6-12(13,14)15)10(18)11(3)7-19-5-9(11)16/h8-9H,4-7,16H2,1-3H3. The summed E-state index contributed by atoms with van der Waals surface area (Å²) < 4.78 is 42.8. The third-order valence-corrected chi connectivity index (χ3v) is 3.25. The molecule has 7 heteroatoms. The Balaban J connectivity index is 2.87. The molecule has 2 unspecified atom stereocenters. The first kappa shape index (κ1) is 16.2. The summed E-state index contributed by atoms with van der Waals surface area (Å²) in [7, 11) is 0. The molecule has 2 atom stereocenters. The number of nitrogens with zero attached hydrogens (tertiary/aromatic N) is 1. The lowest BCUT2D eigenvalue weighted by Crippen LogP contribution is -2.54. The topological polar surface area (TPSA) is 55.6 Å². The minimum atomic E-state index is -4.41. The number of hydrogen-bond acceptors (Lipinski definition) is 3. The van der Waals surface area contributed by atoms with Gasteiger partial charge in [-0.3, -0.25) is 4.79 Å². The summed E-state index contributed by atoms with van der Waals surface area (Å²) in [6, 6.07) is -0.567. The van der Waals surface area contributed by atoms with Crippen LogP contribution in [0.2, 0.25) is 0 Å². The van der Waals surface area contributed by atoms with Gasteiger partial charge < -0.3 is 15.4 Å². The highest BCUT2D eigenvalue weighted by Gasteiger charge is 2.48. The SMILES string of the molecule is CC(C)CN(CC(F)(F)F)C(=O)C1(C)COCC1N. The predicted octanol–water partition coefficient (Wildman–Crippen LogP) is 1.40. The van der Waals surface area contributed by atoms with Gasteiger partial charge in [0.2, 0.25) is 5.91 Å². The highest BCUT2D eigenvalue weighted by atomic mass is 19.4. The Bertz CT molecular complexity index is 333. The quantitative estimate of drug-likeness (QED) is 0.848. The molecule has 19 heavy (non-hydrogen) atoms. The molecule has 0 saturated carbocycles. The summed E-state index contributed by atoms with van der Waals surface area (Å²) in [4.78, 5) is 13.2. The fourth-order valence-corrected chi connectivity index (χ4v) is 2.15. The first-order valence-corrected chi connectivity index (χ1v) is 6.25. The van der Waals surface area contributed by atoms with Crippen LogP contribution in [0.4, 0.5) is 13.2 Å². The molecule has 0 radical (unpaired) electrons. The van der Waals surface area contributed by atoms with Gasteiger partial charge in [-0.1, -0.05) is 13.8 Å². The van der Waals surface area contributed by atoms with E-state index in [2.05, 4.69) is 0 Å². The van der Waals surface area contributed by atoms with Gasteiger partial charge in [-0.25, -0.2) is 0 Å². The minimum Gasteiger partial charge on any atom is -0.379 e. The molecule has 0 aromatic carbocycles. The van der Waals surface area contributed by atoms with Crippen LogP contribution >= 0.6 is 0 Å². The third-order valence-electron chi connectivity index (χ3n) is 3.25. The van der Waals surface area contributed by atoms with Crippen LogP contribution in [0.1, 0.15) is 20.8 Å². The zero-order chi connectivity index (χ0) is 14.8. The van der Waals surface area contributed by atoms with Gasteiger partial charge in [-0.2, -0.15) is 13.2 Å². The molecule has 0 aliphatic carbocycles. The maximum atomic E-state index is 12.6. The zero-order valence-corrected chi connectivity index (χ0v) is 11.5. The van der Waals surface area contributed by atoms with Gasteiger partial charge in [0.25, 0.3) is 0 Å². The summed E-state index contributed by atoms with van der Waals surface area (Å²) in [5.74, 6) is -0.628. The molecule has 1 fully saturated rings. The van der Waals surface area contributed by atoms with E-state index in [0.717, 1.165) is 4.90 Å². The molecule has 0 aromatic heterocycles. The Kier molecular flexibility index (Phi) is 4.84. The van der Waals surface area contributed by atoms with E-state index in [1.54, 1.807) is 20.8 Å². The summed E-state index contributed by atoms with van der Waals surface area (Å²) in [5.41, 5.74) is 4.72. The Morgan fingerprint density at radius 1 is 1.53 bits per heavy atom. The van der Waals surface area contributed by atoms with E-state index < -0.39 is 30.1 Å². The third kappa shape index (κ3) is 4.07. The van der Waals surface area contributed by atoms with Crippen LogP contribution in [0.5, 0.6) is 0 Å². The van der Waals surface area contributed by atoms with Gasteiger partial charge >= 0.3 is 6.18 Å². The fourth-order valence-electron chi connectivity index (χ4n) is 2.15. The molecular weight excluding hydrogens is 261 g/mol. The number of halogens is 3. The van der Waals surface area contributed by atoms with Crippen molar-refractivity contribution in [2.24, 2.45) is 17.1 Å². The lowest BCUT2D eigenvalue weighted by molar-refractivity contribution is -0.168. The molecule has 1 saturated heterocycles. The van der Waals surface area contributed by atoms with E-state index in [4.69, 9.17) is 10.5 Å². The van der Waals surface area contributed by atoms with Crippen molar-refractivity contribution in [3.8, 4) is 0 Å².